The van der Waals surface area contributed by atoms with Gasteiger partial charge in [-0.05, 0) is 18.9 Å². The van der Waals surface area contributed by atoms with E-state index >= 15 is 0 Å². The van der Waals surface area contributed by atoms with E-state index < -0.39 is 0 Å². The molecule has 2 aliphatic heterocycles. The first-order valence-electron chi connectivity index (χ1n) is 7.74. The average molecular weight is 325 g/mol. The summed E-state index contributed by atoms with van der Waals surface area (Å²) in [7, 11) is 0. The van der Waals surface area contributed by atoms with Crippen molar-refractivity contribution in [3.63, 3.8) is 0 Å². The summed E-state index contributed by atoms with van der Waals surface area (Å²) in [5, 5.41) is 3.63. The van der Waals surface area contributed by atoms with Gasteiger partial charge in [-0.25, -0.2) is 4.79 Å². The van der Waals surface area contributed by atoms with Gasteiger partial charge in [0.1, 0.15) is 6.10 Å². The number of carbonyl (C=O) groups excluding carboxylic acids is 1. The second kappa shape index (κ2) is 7.31. The number of nitrogens with zero attached hydrogens (tertiary/aromatic N) is 1. The Morgan fingerprint density at radius 3 is 2.95 bits per heavy atom. The predicted octanol–water partition coefficient (Wildman–Crippen LogP) is 2.60. The molecule has 2 aliphatic rings. The lowest BCUT2D eigenvalue weighted by molar-refractivity contribution is -0.0158. The molecule has 1 N–H and O–H groups in total. The molecule has 2 amide bonds. The van der Waals surface area contributed by atoms with Gasteiger partial charge in [-0.2, -0.15) is 0 Å². The molecule has 3 rings (SSSR count). The van der Waals surface area contributed by atoms with Crippen LogP contribution in [0.2, 0.25) is 5.02 Å². The fourth-order valence-electron chi connectivity index (χ4n) is 2.88. The smallest absolute Gasteiger partial charge is 0.317 e. The van der Waals surface area contributed by atoms with Crippen LogP contribution in [0.5, 0.6) is 0 Å². The first-order valence-corrected chi connectivity index (χ1v) is 8.12. The van der Waals surface area contributed by atoms with Crippen LogP contribution in [0.4, 0.5) is 4.79 Å². The molecule has 120 valence electrons. The summed E-state index contributed by atoms with van der Waals surface area (Å²) in [6.45, 7) is 3.00. The highest BCUT2D eigenvalue weighted by atomic mass is 35.5. The summed E-state index contributed by atoms with van der Waals surface area (Å²) >= 11 is 6.22. The molecule has 2 fully saturated rings. The highest BCUT2D eigenvalue weighted by molar-refractivity contribution is 6.31. The maximum atomic E-state index is 12.3. The molecule has 2 saturated heterocycles. The zero-order valence-electron chi connectivity index (χ0n) is 12.5. The largest absolute Gasteiger partial charge is 0.376 e. The fourth-order valence-corrected chi connectivity index (χ4v) is 3.13. The third-order valence-corrected chi connectivity index (χ3v) is 4.45. The van der Waals surface area contributed by atoms with Gasteiger partial charge in [0, 0.05) is 30.3 Å². The minimum atomic E-state index is -0.170. The summed E-state index contributed by atoms with van der Waals surface area (Å²) in [6.07, 6.45) is 2.08. The monoisotopic (exact) mass is 324 g/mol. The third-order valence-electron chi connectivity index (χ3n) is 4.11. The number of hydrogen-bond acceptors (Lipinski definition) is 3. The van der Waals surface area contributed by atoms with Crippen molar-refractivity contribution in [2.45, 2.75) is 25.0 Å². The minimum absolute atomic E-state index is 0.0594. The standard InChI is InChI=1S/C16H21ClN2O3/c17-14-6-2-1-5-13(14)15-11-19(7-9-22-15)16(20)18-10-12-4-3-8-21-12/h1-2,5-6,12,15H,3-4,7-11H2,(H,18,20)/t12-,15-/m0/s1. The third kappa shape index (κ3) is 3.72. The highest BCUT2D eigenvalue weighted by Crippen LogP contribution is 2.28. The number of urea groups is 1. The van der Waals surface area contributed by atoms with Gasteiger partial charge in [-0.1, -0.05) is 29.8 Å². The Morgan fingerprint density at radius 2 is 2.18 bits per heavy atom. The number of ether oxygens (including phenoxy) is 2. The fraction of sp³-hybridized carbons (Fsp3) is 0.562. The number of halogens is 1. The van der Waals surface area contributed by atoms with Crippen LogP contribution in [-0.4, -0.2) is 49.9 Å². The number of nitrogens with one attached hydrogen (secondary N) is 1. The molecule has 0 saturated carbocycles. The van der Waals surface area contributed by atoms with Gasteiger partial charge in [-0.3, -0.25) is 0 Å². The van der Waals surface area contributed by atoms with Crippen LogP contribution in [0.3, 0.4) is 0 Å². The van der Waals surface area contributed by atoms with Crippen molar-refractivity contribution in [3.8, 4) is 0 Å². The van der Waals surface area contributed by atoms with E-state index in [1.807, 2.05) is 24.3 Å². The summed E-state index contributed by atoms with van der Waals surface area (Å²) in [4.78, 5) is 14.1. The molecule has 0 spiro atoms. The Hall–Kier alpha value is -1.30. The minimum Gasteiger partial charge on any atom is -0.376 e. The van der Waals surface area contributed by atoms with Crippen molar-refractivity contribution in [3.05, 3.63) is 34.9 Å². The van der Waals surface area contributed by atoms with E-state index in [2.05, 4.69) is 5.32 Å². The molecule has 1 aromatic rings. The summed E-state index contributed by atoms with van der Waals surface area (Å²) in [6, 6.07) is 7.55. The second-order valence-corrected chi connectivity index (χ2v) is 6.06. The highest BCUT2D eigenvalue weighted by Gasteiger charge is 2.27. The molecule has 0 unspecified atom stereocenters. The Bertz CT molecular complexity index is 520. The first kappa shape index (κ1) is 15.6. The van der Waals surface area contributed by atoms with Crippen LogP contribution in [0.15, 0.2) is 24.3 Å². The lowest BCUT2D eigenvalue weighted by atomic mass is 10.1. The van der Waals surface area contributed by atoms with E-state index in [1.54, 1.807) is 4.90 Å². The zero-order valence-corrected chi connectivity index (χ0v) is 13.2. The van der Waals surface area contributed by atoms with E-state index in [0.29, 0.717) is 31.3 Å². The number of benzene rings is 1. The van der Waals surface area contributed by atoms with Crippen LogP contribution < -0.4 is 5.32 Å². The lowest BCUT2D eigenvalue weighted by Gasteiger charge is -2.33. The van der Waals surface area contributed by atoms with Gasteiger partial charge in [-0.15, -0.1) is 0 Å². The molecular weight excluding hydrogens is 304 g/mol. The first-order chi connectivity index (χ1) is 10.7. The number of hydrogen-bond donors (Lipinski definition) is 1. The molecule has 1 aromatic carbocycles. The van der Waals surface area contributed by atoms with Crippen LogP contribution in [-0.2, 0) is 9.47 Å². The van der Waals surface area contributed by atoms with Gasteiger partial charge in [0.25, 0.3) is 0 Å². The van der Waals surface area contributed by atoms with Crippen molar-refractivity contribution in [1.82, 2.24) is 10.2 Å². The van der Waals surface area contributed by atoms with Gasteiger partial charge in [0.05, 0.1) is 19.3 Å². The molecule has 2 atom stereocenters. The van der Waals surface area contributed by atoms with Crippen LogP contribution in [0, 0.1) is 0 Å². The second-order valence-electron chi connectivity index (χ2n) is 5.65. The molecule has 0 aromatic heterocycles. The predicted molar refractivity (Wildman–Crippen MR) is 84.1 cm³/mol. The number of morpholine rings is 1. The Labute approximate surface area is 135 Å². The molecule has 0 bridgehead atoms. The number of carbonyl (C=O) groups is 1. The normalized spacial score (nSPS) is 25.2. The molecule has 0 radical (unpaired) electrons. The summed E-state index contributed by atoms with van der Waals surface area (Å²) in [5.74, 6) is 0. The molecule has 6 heteroatoms. The van der Waals surface area contributed by atoms with Crippen molar-refractivity contribution < 1.29 is 14.3 Å². The van der Waals surface area contributed by atoms with E-state index in [4.69, 9.17) is 21.1 Å². The van der Waals surface area contributed by atoms with Gasteiger partial charge in [0.15, 0.2) is 0 Å². The summed E-state index contributed by atoms with van der Waals surface area (Å²) < 4.78 is 11.3. The van der Waals surface area contributed by atoms with E-state index in [0.717, 1.165) is 25.0 Å². The SMILES string of the molecule is O=C(NC[C@@H]1CCCO1)N1CCO[C@H](c2ccccc2Cl)C1. The van der Waals surface area contributed by atoms with Crippen molar-refractivity contribution in [1.29, 1.82) is 0 Å². The van der Waals surface area contributed by atoms with Crippen LogP contribution in [0.25, 0.3) is 0 Å². The van der Waals surface area contributed by atoms with E-state index in [-0.39, 0.29) is 18.2 Å². The van der Waals surface area contributed by atoms with Gasteiger partial charge >= 0.3 is 6.03 Å². The summed E-state index contributed by atoms with van der Waals surface area (Å²) in [5.41, 5.74) is 0.931. The molecule has 0 aliphatic carbocycles. The van der Waals surface area contributed by atoms with Crippen molar-refractivity contribution in [2.75, 3.05) is 32.8 Å². The maximum Gasteiger partial charge on any atom is 0.317 e. The Balaban J connectivity index is 1.55. The van der Waals surface area contributed by atoms with E-state index in [1.165, 1.54) is 0 Å². The Kier molecular flexibility index (Phi) is 5.18. The average Bonchev–Trinajstić information content (AvgIpc) is 3.06. The Morgan fingerprint density at radius 1 is 1.32 bits per heavy atom. The van der Waals surface area contributed by atoms with Crippen molar-refractivity contribution >= 4 is 17.6 Å². The van der Waals surface area contributed by atoms with Crippen LogP contribution >= 0.6 is 11.6 Å². The number of rotatable bonds is 3. The number of amides is 2. The van der Waals surface area contributed by atoms with Gasteiger partial charge in [0.2, 0.25) is 0 Å². The zero-order chi connectivity index (χ0) is 15.4. The molecule has 5 nitrogen and oxygen atoms in total. The van der Waals surface area contributed by atoms with Crippen molar-refractivity contribution in [2.24, 2.45) is 0 Å². The van der Waals surface area contributed by atoms with E-state index in [9.17, 15) is 4.79 Å². The molecule has 22 heavy (non-hydrogen) atoms. The molecule has 2 heterocycles. The quantitative estimate of drug-likeness (QED) is 0.930. The van der Waals surface area contributed by atoms with Gasteiger partial charge < -0.3 is 19.7 Å². The lowest BCUT2D eigenvalue weighted by Crippen LogP contribution is -2.48. The maximum absolute atomic E-state index is 12.3. The molecular formula is C16H21ClN2O3. The topological polar surface area (TPSA) is 50.8 Å². The van der Waals surface area contributed by atoms with Crippen LogP contribution in [0.1, 0.15) is 24.5 Å².